The van der Waals surface area contributed by atoms with E-state index in [1.165, 1.54) is 0 Å². The SMILES string of the molecule is COc1ccccc1-c1cc2cccc(OC)c2c(C)n1. The Morgan fingerprint density at radius 3 is 2.33 bits per heavy atom. The first-order chi connectivity index (χ1) is 10.2. The van der Waals surface area contributed by atoms with Crippen molar-refractivity contribution in [1.82, 2.24) is 4.98 Å². The van der Waals surface area contributed by atoms with E-state index >= 15 is 0 Å². The number of hydrogen-bond acceptors (Lipinski definition) is 3. The summed E-state index contributed by atoms with van der Waals surface area (Å²) in [6, 6.07) is 16.0. The lowest BCUT2D eigenvalue weighted by atomic mass is 10.0. The molecule has 0 radical (unpaired) electrons. The van der Waals surface area contributed by atoms with E-state index in [0.717, 1.165) is 39.2 Å². The lowest BCUT2D eigenvalue weighted by Gasteiger charge is -2.12. The lowest BCUT2D eigenvalue weighted by Crippen LogP contribution is -1.94. The zero-order valence-corrected chi connectivity index (χ0v) is 12.4. The van der Waals surface area contributed by atoms with Gasteiger partial charge in [0.1, 0.15) is 11.5 Å². The molecule has 106 valence electrons. The molecular weight excluding hydrogens is 262 g/mol. The molecule has 0 unspecified atom stereocenters. The molecule has 0 N–H and O–H groups in total. The minimum Gasteiger partial charge on any atom is -0.496 e. The number of para-hydroxylation sites is 1. The van der Waals surface area contributed by atoms with Crippen molar-refractivity contribution >= 4 is 10.8 Å². The van der Waals surface area contributed by atoms with Crippen molar-refractivity contribution in [1.29, 1.82) is 0 Å². The number of fused-ring (bicyclic) bond motifs is 1. The number of pyridine rings is 1. The van der Waals surface area contributed by atoms with Crippen molar-refractivity contribution < 1.29 is 9.47 Å². The summed E-state index contributed by atoms with van der Waals surface area (Å²) in [5, 5.41) is 2.17. The standard InChI is InChI=1S/C18H17NO2/c1-12-18-13(7-6-10-17(18)21-3)11-15(19-12)14-8-4-5-9-16(14)20-2/h4-11H,1-3H3. The molecular formula is C18H17NO2. The van der Waals surface area contributed by atoms with E-state index in [1.807, 2.05) is 43.3 Å². The van der Waals surface area contributed by atoms with Gasteiger partial charge in [-0.1, -0.05) is 24.3 Å². The van der Waals surface area contributed by atoms with Crippen LogP contribution in [0, 0.1) is 6.92 Å². The molecule has 0 atom stereocenters. The van der Waals surface area contributed by atoms with Crippen molar-refractivity contribution in [2.75, 3.05) is 14.2 Å². The highest BCUT2D eigenvalue weighted by atomic mass is 16.5. The van der Waals surface area contributed by atoms with E-state index in [-0.39, 0.29) is 0 Å². The van der Waals surface area contributed by atoms with Gasteiger partial charge in [0.05, 0.1) is 19.9 Å². The highest BCUT2D eigenvalue weighted by Crippen LogP contribution is 2.34. The predicted molar refractivity (Wildman–Crippen MR) is 85.0 cm³/mol. The van der Waals surface area contributed by atoms with Crippen LogP contribution in [0.25, 0.3) is 22.0 Å². The molecule has 0 spiro atoms. The molecule has 3 nitrogen and oxygen atoms in total. The van der Waals surface area contributed by atoms with E-state index in [2.05, 4.69) is 12.1 Å². The number of hydrogen-bond donors (Lipinski definition) is 0. The molecule has 3 rings (SSSR count). The summed E-state index contributed by atoms with van der Waals surface area (Å²) < 4.78 is 10.9. The lowest BCUT2D eigenvalue weighted by molar-refractivity contribution is 0.416. The Balaban J connectivity index is 2.26. The number of benzene rings is 2. The van der Waals surface area contributed by atoms with E-state index in [1.54, 1.807) is 14.2 Å². The summed E-state index contributed by atoms with van der Waals surface area (Å²) in [5.41, 5.74) is 2.85. The molecule has 0 bridgehead atoms. The van der Waals surface area contributed by atoms with Crippen LogP contribution in [0.1, 0.15) is 5.69 Å². The maximum atomic E-state index is 5.43. The van der Waals surface area contributed by atoms with Crippen molar-refractivity contribution in [3.05, 3.63) is 54.2 Å². The van der Waals surface area contributed by atoms with Crippen LogP contribution in [0.4, 0.5) is 0 Å². The average Bonchev–Trinajstić information content (AvgIpc) is 2.54. The summed E-state index contributed by atoms with van der Waals surface area (Å²) in [4.78, 5) is 4.73. The van der Waals surface area contributed by atoms with Crippen molar-refractivity contribution in [2.45, 2.75) is 6.92 Å². The van der Waals surface area contributed by atoms with Gasteiger partial charge >= 0.3 is 0 Å². The van der Waals surface area contributed by atoms with Crippen molar-refractivity contribution in [3.8, 4) is 22.8 Å². The molecule has 3 aromatic rings. The van der Waals surface area contributed by atoms with Gasteiger partial charge in [-0.05, 0) is 36.6 Å². The maximum Gasteiger partial charge on any atom is 0.128 e. The Morgan fingerprint density at radius 2 is 1.57 bits per heavy atom. The number of methoxy groups -OCH3 is 2. The van der Waals surface area contributed by atoms with Gasteiger partial charge in [0.25, 0.3) is 0 Å². The first-order valence-electron chi connectivity index (χ1n) is 6.82. The second-order valence-electron chi connectivity index (χ2n) is 4.85. The molecule has 3 heteroatoms. The first kappa shape index (κ1) is 13.4. The number of aromatic nitrogens is 1. The maximum absolute atomic E-state index is 5.43. The van der Waals surface area contributed by atoms with Crippen LogP contribution in [0.2, 0.25) is 0 Å². The average molecular weight is 279 g/mol. The fraction of sp³-hybridized carbons (Fsp3) is 0.167. The van der Waals surface area contributed by atoms with E-state index in [4.69, 9.17) is 14.5 Å². The van der Waals surface area contributed by atoms with E-state index < -0.39 is 0 Å². The summed E-state index contributed by atoms with van der Waals surface area (Å²) in [6.07, 6.45) is 0. The van der Waals surface area contributed by atoms with Gasteiger partial charge in [-0.2, -0.15) is 0 Å². The quantitative estimate of drug-likeness (QED) is 0.719. The third-order valence-electron chi connectivity index (χ3n) is 3.60. The predicted octanol–water partition coefficient (Wildman–Crippen LogP) is 4.23. The Labute approximate surface area is 124 Å². The Kier molecular flexibility index (Phi) is 3.48. The molecule has 0 saturated heterocycles. The van der Waals surface area contributed by atoms with Gasteiger partial charge in [-0.3, -0.25) is 4.98 Å². The summed E-state index contributed by atoms with van der Waals surface area (Å²) in [5.74, 6) is 1.68. The first-order valence-corrected chi connectivity index (χ1v) is 6.82. The third-order valence-corrected chi connectivity index (χ3v) is 3.60. The monoisotopic (exact) mass is 279 g/mol. The Bertz CT molecular complexity index is 796. The molecule has 0 aliphatic rings. The Morgan fingerprint density at radius 1 is 0.857 bits per heavy atom. The fourth-order valence-corrected chi connectivity index (χ4v) is 2.64. The third kappa shape index (κ3) is 2.31. The van der Waals surface area contributed by atoms with Gasteiger partial charge < -0.3 is 9.47 Å². The van der Waals surface area contributed by atoms with Crippen LogP contribution in [0.3, 0.4) is 0 Å². The smallest absolute Gasteiger partial charge is 0.128 e. The largest absolute Gasteiger partial charge is 0.496 e. The van der Waals surface area contributed by atoms with Gasteiger partial charge in [0.2, 0.25) is 0 Å². The number of ether oxygens (including phenoxy) is 2. The van der Waals surface area contributed by atoms with Crippen molar-refractivity contribution in [2.24, 2.45) is 0 Å². The minimum absolute atomic E-state index is 0.826. The zero-order chi connectivity index (χ0) is 14.8. The second kappa shape index (κ2) is 5.44. The molecule has 1 aromatic heterocycles. The minimum atomic E-state index is 0.826. The van der Waals surface area contributed by atoms with E-state index in [0.29, 0.717) is 0 Å². The normalized spacial score (nSPS) is 10.6. The van der Waals surface area contributed by atoms with Crippen LogP contribution in [0.15, 0.2) is 48.5 Å². The van der Waals surface area contributed by atoms with E-state index in [9.17, 15) is 0 Å². The van der Waals surface area contributed by atoms with Crippen molar-refractivity contribution in [3.63, 3.8) is 0 Å². The molecule has 1 heterocycles. The molecule has 21 heavy (non-hydrogen) atoms. The van der Waals surface area contributed by atoms with Crippen LogP contribution in [0.5, 0.6) is 11.5 Å². The van der Waals surface area contributed by atoms with Gasteiger partial charge in [0.15, 0.2) is 0 Å². The highest BCUT2D eigenvalue weighted by molar-refractivity contribution is 5.93. The number of rotatable bonds is 3. The number of nitrogens with zero attached hydrogens (tertiary/aromatic N) is 1. The van der Waals surface area contributed by atoms with Gasteiger partial charge in [-0.15, -0.1) is 0 Å². The van der Waals surface area contributed by atoms with Crippen LogP contribution in [-0.2, 0) is 0 Å². The molecule has 0 saturated carbocycles. The topological polar surface area (TPSA) is 31.4 Å². The van der Waals surface area contributed by atoms with Gasteiger partial charge in [0, 0.05) is 16.6 Å². The molecule has 2 aromatic carbocycles. The zero-order valence-electron chi connectivity index (χ0n) is 12.4. The van der Waals surface area contributed by atoms with Gasteiger partial charge in [-0.25, -0.2) is 0 Å². The number of aryl methyl sites for hydroxylation is 1. The summed E-state index contributed by atoms with van der Waals surface area (Å²) >= 11 is 0. The van der Waals surface area contributed by atoms with Crippen LogP contribution >= 0.6 is 0 Å². The summed E-state index contributed by atoms with van der Waals surface area (Å²) in [7, 11) is 3.36. The molecule has 0 amide bonds. The van der Waals surface area contributed by atoms with Crippen LogP contribution in [-0.4, -0.2) is 19.2 Å². The second-order valence-corrected chi connectivity index (χ2v) is 4.85. The van der Waals surface area contributed by atoms with Crippen LogP contribution < -0.4 is 9.47 Å². The highest BCUT2D eigenvalue weighted by Gasteiger charge is 2.11. The molecule has 0 aliphatic heterocycles. The Hall–Kier alpha value is -2.55. The summed E-state index contributed by atoms with van der Waals surface area (Å²) in [6.45, 7) is 2.00. The fourth-order valence-electron chi connectivity index (χ4n) is 2.64. The molecule has 0 fully saturated rings. The molecule has 0 aliphatic carbocycles.